The van der Waals surface area contributed by atoms with E-state index in [0.29, 0.717) is 10.6 Å². The number of thiophene rings is 2. The van der Waals surface area contributed by atoms with Crippen LogP contribution in [0.5, 0.6) is 0 Å². The van der Waals surface area contributed by atoms with Gasteiger partial charge in [-0.3, -0.25) is 4.79 Å². The van der Waals surface area contributed by atoms with Gasteiger partial charge < -0.3 is 11.1 Å². The number of hydrogen-bond acceptors (Lipinski definition) is 5. The van der Waals surface area contributed by atoms with Gasteiger partial charge in [0.1, 0.15) is 9.71 Å². The van der Waals surface area contributed by atoms with Crippen LogP contribution in [0.4, 0.5) is 11.4 Å². The van der Waals surface area contributed by atoms with E-state index in [1.54, 1.807) is 11.3 Å². The van der Waals surface area contributed by atoms with Crippen LogP contribution < -0.4 is 11.1 Å². The standard InChI is InChI=1S/C22H18IN3OS2/c23-12-7-9-13(10-8-12)25-21(27)20-19(24)18-17(16-6-3-11-28-16)14-4-1-2-5-15(14)26-22(18)29-20/h3,6-11H,1-2,4-5,24H2,(H,25,27). The molecule has 0 atom stereocenters. The Labute approximate surface area is 190 Å². The number of aromatic nitrogens is 1. The largest absolute Gasteiger partial charge is 0.397 e. The number of nitrogens with two attached hydrogens (primary N) is 1. The average Bonchev–Trinajstić information content (AvgIpc) is 3.37. The van der Waals surface area contributed by atoms with Crippen LogP contribution in [0.1, 0.15) is 33.8 Å². The Kier molecular flexibility index (Phi) is 5.05. The third-order valence-corrected chi connectivity index (χ3v) is 7.93. The minimum atomic E-state index is -0.179. The summed E-state index contributed by atoms with van der Waals surface area (Å²) in [4.78, 5) is 20.5. The van der Waals surface area contributed by atoms with Gasteiger partial charge in [-0.2, -0.15) is 0 Å². The van der Waals surface area contributed by atoms with E-state index >= 15 is 0 Å². The highest BCUT2D eigenvalue weighted by Gasteiger charge is 2.26. The number of anilines is 2. The van der Waals surface area contributed by atoms with Crippen molar-refractivity contribution in [3.63, 3.8) is 0 Å². The molecule has 1 aromatic carbocycles. The van der Waals surface area contributed by atoms with Gasteiger partial charge in [-0.15, -0.1) is 22.7 Å². The first-order valence-corrected chi connectivity index (χ1v) is 12.2. The molecule has 1 amide bonds. The van der Waals surface area contributed by atoms with Crippen molar-refractivity contribution < 1.29 is 4.79 Å². The number of fused-ring (bicyclic) bond motifs is 2. The number of rotatable bonds is 3. The summed E-state index contributed by atoms with van der Waals surface area (Å²) in [7, 11) is 0. The van der Waals surface area contributed by atoms with Gasteiger partial charge in [0.15, 0.2) is 0 Å². The summed E-state index contributed by atoms with van der Waals surface area (Å²) in [6.45, 7) is 0. The van der Waals surface area contributed by atoms with Crippen molar-refractivity contribution in [1.29, 1.82) is 0 Å². The van der Waals surface area contributed by atoms with Crippen LogP contribution in [-0.4, -0.2) is 10.9 Å². The van der Waals surface area contributed by atoms with Crippen LogP contribution in [0.25, 0.3) is 20.7 Å². The first-order chi connectivity index (χ1) is 14.1. The molecule has 0 fully saturated rings. The van der Waals surface area contributed by atoms with Gasteiger partial charge in [-0.1, -0.05) is 6.07 Å². The maximum Gasteiger partial charge on any atom is 0.267 e. The molecule has 1 aliphatic rings. The number of amides is 1. The molecule has 4 aromatic rings. The van der Waals surface area contributed by atoms with E-state index in [2.05, 4.69) is 45.4 Å². The Morgan fingerprint density at radius 3 is 2.69 bits per heavy atom. The summed E-state index contributed by atoms with van der Waals surface area (Å²) < 4.78 is 1.12. The van der Waals surface area contributed by atoms with E-state index < -0.39 is 0 Å². The second-order valence-corrected chi connectivity index (χ2v) is 10.3. The molecule has 7 heteroatoms. The molecule has 3 aromatic heterocycles. The van der Waals surface area contributed by atoms with Crippen LogP contribution in [-0.2, 0) is 12.8 Å². The summed E-state index contributed by atoms with van der Waals surface area (Å²) in [6.07, 6.45) is 4.34. The van der Waals surface area contributed by atoms with E-state index in [4.69, 9.17) is 10.7 Å². The summed E-state index contributed by atoms with van der Waals surface area (Å²) in [5, 5.41) is 6.00. The number of carbonyl (C=O) groups excluding carboxylic acids is 1. The van der Waals surface area contributed by atoms with E-state index in [0.717, 1.165) is 44.4 Å². The maximum absolute atomic E-state index is 13.0. The number of nitrogens with one attached hydrogen (secondary N) is 1. The molecule has 4 nitrogen and oxygen atoms in total. The van der Waals surface area contributed by atoms with Crippen molar-refractivity contribution in [1.82, 2.24) is 4.98 Å². The maximum atomic E-state index is 13.0. The van der Waals surface area contributed by atoms with Crippen molar-refractivity contribution in [2.45, 2.75) is 25.7 Å². The van der Waals surface area contributed by atoms with Crippen molar-refractivity contribution in [3.05, 3.63) is 61.5 Å². The van der Waals surface area contributed by atoms with E-state index in [-0.39, 0.29) is 5.91 Å². The number of nitrogen functional groups attached to an aromatic ring is 1. The number of nitrogens with zero attached hydrogens (tertiary/aromatic N) is 1. The molecule has 3 heterocycles. The molecule has 5 rings (SSSR count). The zero-order valence-electron chi connectivity index (χ0n) is 15.5. The van der Waals surface area contributed by atoms with Gasteiger partial charge in [0.25, 0.3) is 5.91 Å². The van der Waals surface area contributed by atoms with Gasteiger partial charge in [0.2, 0.25) is 0 Å². The highest BCUT2D eigenvalue weighted by Crippen LogP contribution is 2.45. The minimum Gasteiger partial charge on any atom is -0.397 e. The third kappa shape index (κ3) is 3.45. The Morgan fingerprint density at radius 1 is 1.14 bits per heavy atom. The number of pyridine rings is 1. The van der Waals surface area contributed by atoms with E-state index in [1.165, 1.54) is 33.8 Å². The fourth-order valence-corrected chi connectivity index (χ4v) is 6.07. The molecular weight excluding hydrogens is 513 g/mol. The lowest BCUT2D eigenvalue weighted by molar-refractivity contribution is 0.103. The number of benzene rings is 1. The monoisotopic (exact) mass is 531 g/mol. The van der Waals surface area contributed by atoms with Crippen molar-refractivity contribution in [2.24, 2.45) is 0 Å². The molecule has 146 valence electrons. The molecule has 1 aliphatic carbocycles. The Hall–Kier alpha value is -1.97. The molecule has 29 heavy (non-hydrogen) atoms. The molecule has 0 spiro atoms. The predicted molar refractivity (Wildman–Crippen MR) is 131 cm³/mol. The van der Waals surface area contributed by atoms with E-state index in [9.17, 15) is 4.79 Å². The summed E-state index contributed by atoms with van der Waals surface area (Å²) in [5.41, 5.74) is 11.5. The first kappa shape index (κ1) is 19.0. The summed E-state index contributed by atoms with van der Waals surface area (Å²) in [5.74, 6) is -0.179. The fraction of sp³-hybridized carbons (Fsp3) is 0.182. The van der Waals surface area contributed by atoms with Gasteiger partial charge in [0.05, 0.1) is 5.69 Å². The predicted octanol–water partition coefficient (Wildman–Crippen LogP) is 6.34. The quantitative estimate of drug-likeness (QED) is 0.303. The molecule has 0 saturated heterocycles. The lowest BCUT2D eigenvalue weighted by Gasteiger charge is -2.19. The van der Waals surface area contributed by atoms with Crippen LogP contribution in [0, 0.1) is 3.57 Å². The van der Waals surface area contributed by atoms with Crippen LogP contribution in [0.3, 0.4) is 0 Å². The molecule has 3 N–H and O–H groups in total. The van der Waals surface area contributed by atoms with E-state index in [1.807, 2.05) is 24.3 Å². The number of carbonyl (C=O) groups is 1. The summed E-state index contributed by atoms with van der Waals surface area (Å²) in [6, 6.07) is 11.9. The van der Waals surface area contributed by atoms with Gasteiger partial charge in [0, 0.05) is 30.8 Å². The smallest absolute Gasteiger partial charge is 0.267 e. The van der Waals surface area contributed by atoms with Crippen LogP contribution >= 0.6 is 45.3 Å². The molecular formula is C22H18IN3OS2. The molecule has 0 aliphatic heterocycles. The Morgan fingerprint density at radius 2 is 1.93 bits per heavy atom. The lowest BCUT2D eigenvalue weighted by atomic mass is 9.90. The second-order valence-electron chi connectivity index (χ2n) is 7.08. The van der Waals surface area contributed by atoms with Crippen molar-refractivity contribution >= 4 is 72.8 Å². The molecule has 0 bridgehead atoms. The number of aryl methyl sites for hydroxylation is 1. The van der Waals surface area contributed by atoms with Gasteiger partial charge >= 0.3 is 0 Å². The Balaban J connectivity index is 1.65. The highest BCUT2D eigenvalue weighted by molar-refractivity contribution is 14.1. The average molecular weight is 531 g/mol. The zero-order valence-corrected chi connectivity index (χ0v) is 19.3. The van der Waals surface area contributed by atoms with Crippen molar-refractivity contribution in [2.75, 3.05) is 11.1 Å². The minimum absolute atomic E-state index is 0.179. The van der Waals surface area contributed by atoms with Crippen LogP contribution in [0.2, 0.25) is 0 Å². The number of halogens is 1. The summed E-state index contributed by atoms with van der Waals surface area (Å²) >= 11 is 5.35. The van der Waals surface area contributed by atoms with Crippen molar-refractivity contribution in [3.8, 4) is 10.4 Å². The molecule has 0 radical (unpaired) electrons. The third-order valence-electron chi connectivity index (χ3n) is 5.23. The first-order valence-electron chi connectivity index (χ1n) is 9.46. The van der Waals surface area contributed by atoms with Gasteiger partial charge in [-0.25, -0.2) is 4.98 Å². The van der Waals surface area contributed by atoms with Gasteiger partial charge in [-0.05, 0) is 89.5 Å². The SMILES string of the molecule is Nc1c(C(=O)Nc2ccc(I)cc2)sc2nc3c(c(-c4cccs4)c12)CCCC3. The Bertz CT molecular complexity index is 1210. The zero-order chi connectivity index (χ0) is 20.0. The topological polar surface area (TPSA) is 68.0 Å². The highest BCUT2D eigenvalue weighted by atomic mass is 127. The fourth-order valence-electron chi connectivity index (χ4n) is 3.89. The lowest BCUT2D eigenvalue weighted by Crippen LogP contribution is -2.12. The second kappa shape index (κ2) is 7.70. The molecule has 0 saturated carbocycles. The number of hydrogen-bond donors (Lipinski definition) is 2. The molecule has 0 unspecified atom stereocenters. The van der Waals surface area contributed by atoms with Crippen LogP contribution in [0.15, 0.2) is 41.8 Å². The normalized spacial score (nSPS) is 13.4.